The van der Waals surface area contributed by atoms with Crippen LogP contribution in [-0.4, -0.2) is 13.8 Å². The third-order valence-electron chi connectivity index (χ3n) is 4.26. The molecule has 0 unspecified atom stereocenters. The van der Waals surface area contributed by atoms with Crippen LogP contribution in [0.25, 0.3) is 5.41 Å². The zero-order chi connectivity index (χ0) is 25.1. The van der Waals surface area contributed by atoms with Gasteiger partial charge in [-0.1, -0.05) is 84.8 Å². The monoisotopic (exact) mass is 499 g/mol. The van der Waals surface area contributed by atoms with Crippen LogP contribution in [0.15, 0.2) is 59.7 Å². The van der Waals surface area contributed by atoms with Crippen LogP contribution in [0.1, 0.15) is 36.1 Å². The molecule has 1 aliphatic rings. The van der Waals surface area contributed by atoms with Crippen molar-refractivity contribution < 1.29 is 28.8 Å². The Morgan fingerprint density at radius 1 is 0.697 bits per heavy atom. The van der Waals surface area contributed by atoms with Gasteiger partial charge >= 0.3 is 18.6 Å². The summed E-state index contributed by atoms with van der Waals surface area (Å²) in [5.41, 5.74) is 5.61. The van der Waals surface area contributed by atoms with Crippen LogP contribution in [0, 0.1) is 40.7 Å². The number of benzene rings is 2. The summed E-state index contributed by atoms with van der Waals surface area (Å²) in [6, 6.07) is 11.1. The van der Waals surface area contributed by atoms with Crippen molar-refractivity contribution in [1.82, 2.24) is 0 Å². The molecule has 3 rings (SSSR count). The quantitative estimate of drug-likeness (QED) is 0.304. The molecule has 0 amide bonds. The number of aryl methyl sites for hydroxylation is 4. The summed E-state index contributed by atoms with van der Waals surface area (Å²) >= 11 is 0. The van der Waals surface area contributed by atoms with Gasteiger partial charge in [-0.15, -0.1) is 11.5 Å². The van der Waals surface area contributed by atoms with Crippen LogP contribution in [0.2, 0.25) is 19.6 Å². The number of hydrogen-bond acceptors (Lipinski definition) is 2. The van der Waals surface area contributed by atoms with Crippen LogP contribution in [0.3, 0.4) is 0 Å². The summed E-state index contributed by atoms with van der Waals surface area (Å²) in [6.07, 6.45) is 5.72. The van der Waals surface area contributed by atoms with Crippen molar-refractivity contribution in [2.24, 2.45) is 0 Å². The van der Waals surface area contributed by atoms with E-state index in [-0.39, 0.29) is 30.1 Å². The van der Waals surface area contributed by atoms with Crippen molar-refractivity contribution in [1.29, 1.82) is 0 Å². The van der Waals surface area contributed by atoms with Crippen molar-refractivity contribution in [3.8, 4) is 11.5 Å². The van der Waals surface area contributed by atoms with Gasteiger partial charge in [0.2, 0.25) is 0 Å². The van der Waals surface area contributed by atoms with Gasteiger partial charge in [-0.2, -0.15) is 0 Å². The third kappa shape index (κ3) is 14.6. The first-order valence-corrected chi connectivity index (χ1v) is 14.4. The van der Waals surface area contributed by atoms with Gasteiger partial charge in [-0.05, 0) is 33.4 Å². The average molecular weight is 500 g/mol. The van der Waals surface area contributed by atoms with Crippen molar-refractivity contribution in [3.63, 3.8) is 0 Å². The summed E-state index contributed by atoms with van der Waals surface area (Å²) in [6.45, 7) is 21.7. The van der Waals surface area contributed by atoms with Gasteiger partial charge in [0.15, 0.2) is 0 Å². The fourth-order valence-corrected chi connectivity index (χ4v) is 2.40. The molecule has 0 heterocycles. The van der Waals surface area contributed by atoms with E-state index < -0.39 is 8.07 Å². The Balaban J connectivity index is 0. The molecule has 0 aromatic heterocycles. The molecule has 5 heteroatoms. The van der Waals surface area contributed by atoms with Crippen molar-refractivity contribution in [2.45, 2.75) is 61.2 Å². The first-order valence-electron chi connectivity index (χ1n) is 10.7. The molecule has 1 aliphatic carbocycles. The van der Waals surface area contributed by atoms with E-state index >= 15 is 0 Å². The van der Waals surface area contributed by atoms with E-state index in [1.165, 1.54) is 0 Å². The fourth-order valence-electron chi connectivity index (χ4n) is 2.40. The molecule has 33 heavy (non-hydrogen) atoms. The summed E-state index contributed by atoms with van der Waals surface area (Å²) in [5.74, 6) is 0.329. The van der Waals surface area contributed by atoms with Crippen molar-refractivity contribution in [3.05, 3.63) is 100 Å². The Morgan fingerprint density at radius 3 is 1.12 bits per heavy atom. The minimum Gasteiger partial charge on any atom is -0.872 e. The molecular formula is C28H38NO2SiV. The Labute approximate surface area is 215 Å². The standard InChI is InChI=1S/C8H9N.2C8H10O.C4H11Si.V/c3*1-6-4-3-5-7(2)8(6)9;1-5(2,3)4;/h3-5H,1-2H3;2*3-5,9H,1-2H3;1H2,2-4H3;/q;;;;+2/p-2. The van der Waals surface area contributed by atoms with E-state index in [9.17, 15) is 15.6 Å². The SMILES string of the molecule is CC1=C[CH+]C=C(C)C1=[N-].Cc1cccc(C)c1[O-].Cc1cccc(C)c1[O-].[CH2][Si](C)(C)C.[V+2]. The molecule has 0 bridgehead atoms. The second kappa shape index (κ2) is 15.7. The van der Waals surface area contributed by atoms with Crippen molar-refractivity contribution in [2.75, 3.05) is 0 Å². The molecule has 0 aliphatic heterocycles. The molecule has 0 atom stereocenters. The largest absolute Gasteiger partial charge is 2.00 e. The Hall–Kier alpha value is -2.14. The van der Waals surface area contributed by atoms with Gasteiger partial charge in [0.25, 0.3) is 0 Å². The summed E-state index contributed by atoms with van der Waals surface area (Å²) in [5, 5.41) is 31.1. The molecule has 0 saturated carbocycles. The first-order chi connectivity index (χ1) is 14.6. The van der Waals surface area contributed by atoms with E-state index in [1.807, 2.05) is 96.5 Å². The zero-order valence-electron chi connectivity index (χ0n) is 21.6. The zero-order valence-corrected chi connectivity index (χ0v) is 24.0. The molecule has 0 spiro atoms. The second-order valence-electron chi connectivity index (χ2n) is 9.24. The normalized spacial score (nSPS) is 12.0. The minimum atomic E-state index is -0.861. The summed E-state index contributed by atoms with van der Waals surface area (Å²) < 4.78 is 0. The van der Waals surface area contributed by atoms with Crippen LogP contribution in [0.5, 0.6) is 11.5 Å². The summed E-state index contributed by atoms with van der Waals surface area (Å²) in [7, 11) is -0.861. The topological polar surface area (TPSA) is 68.4 Å². The van der Waals surface area contributed by atoms with Crippen LogP contribution in [-0.2, 0) is 18.6 Å². The van der Waals surface area contributed by atoms with E-state index in [0.29, 0.717) is 5.71 Å². The van der Waals surface area contributed by atoms with Gasteiger partial charge in [0, 0.05) is 51.6 Å². The summed E-state index contributed by atoms with van der Waals surface area (Å²) in [4.78, 5) is 0. The third-order valence-corrected chi connectivity index (χ3v) is 4.26. The Morgan fingerprint density at radius 2 is 0.939 bits per heavy atom. The van der Waals surface area contributed by atoms with Gasteiger partial charge in [0.05, 0.1) is 0 Å². The van der Waals surface area contributed by atoms with Crippen molar-refractivity contribution >= 4 is 13.8 Å². The molecule has 0 fully saturated rings. The van der Waals surface area contributed by atoms with Gasteiger partial charge in [-0.3, -0.25) is 0 Å². The smallest absolute Gasteiger partial charge is 0.872 e. The number of rotatable bonds is 0. The van der Waals surface area contributed by atoms with Gasteiger partial charge in [0.1, 0.15) is 0 Å². The molecule has 0 N–H and O–H groups in total. The van der Waals surface area contributed by atoms with Gasteiger partial charge in [-0.25, -0.2) is 0 Å². The molecule has 0 saturated heterocycles. The number of allylic oxidation sites excluding steroid dienone is 4. The van der Waals surface area contributed by atoms with Crippen LogP contribution < -0.4 is 10.2 Å². The van der Waals surface area contributed by atoms with E-state index in [1.54, 1.807) is 0 Å². The molecule has 2 aromatic carbocycles. The van der Waals surface area contributed by atoms with Crippen LogP contribution >= 0.6 is 0 Å². The molecular weight excluding hydrogens is 461 g/mol. The maximum Gasteiger partial charge on any atom is 2.00 e. The maximum absolute atomic E-state index is 11.0. The molecule has 2 radical (unpaired) electrons. The minimum absolute atomic E-state index is 0. The predicted molar refractivity (Wildman–Crippen MR) is 140 cm³/mol. The maximum atomic E-state index is 11.0. The first kappa shape index (κ1) is 33.0. The number of hydrogen-bond donors (Lipinski definition) is 0. The van der Waals surface area contributed by atoms with E-state index in [0.717, 1.165) is 33.4 Å². The average Bonchev–Trinajstić information content (AvgIpc) is 2.68. The Bertz CT molecular complexity index is 841. The Kier molecular flexibility index (Phi) is 15.7. The molecule has 176 valence electrons. The predicted octanol–water partition coefficient (Wildman–Crippen LogP) is 6.56. The van der Waals surface area contributed by atoms with Gasteiger partial charge < -0.3 is 15.6 Å². The van der Waals surface area contributed by atoms with E-state index in [4.69, 9.17) is 0 Å². The number of para-hydroxylation sites is 2. The number of nitrogens with zero attached hydrogens (tertiary/aromatic N) is 1. The van der Waals surface area contributed by atoms with E-state index in [2.05, 4.69) is 26.2 Å². The molecule has 2 aromatic rings. The fraction of sp³-hybridized carbons (Fsp3) is 0.321. The molecule has 3 nitrogen and oxygen atoms in total. The van der Waals surface area contributed by atoms with Crippen LogP contribution in [0.4, 0.5) is 0 Å². The second-order valence-corrected chi connectivity index (χ2v) is 14.4.